The van der Waals surface area contributed by atoms with E-state index in [0.29, 0.717) is 25.7 Å². The molecule has 1 saturated carbocycles. The van der Waals surface area contributed by atoms with Crippen molar-refractivity contribution in [1.82, 2.24) is 14.7 Å². The summed E-state index contributed by atoms with van der Waals surface area (Å²) in [4.78, 5) is 18.3. The minimum Gasteiger partial charge on any atom is -0.486 e. The molecule has 9 heteroatoms. The number of carbonyl (C=O) groups is 1. The van der Waals surface area contributed by atoms with Crippen LogP contribution < -0.4 is 14.4 Å². The number of benzene rings is 2. The van der Waals surface area contributed by atoms with Crippen molar-refractivity contribution >= 4 is 22.6 Å². The van der Waals surface area contributed by atoms with E-state index >= 15 is 0 Å². The van der Waals surface area contributed by atoms with E-state index < -0.39 is 0 Å². The Morgan fingerprint density at radius 2 is 1.68 bits per heavy atom. The first-order valence-corrected chi connectivity index (χ1v) is 14.6. The molecule has 218 valence electrons. The van der Waals surface area contributed by atoms with Gasteiger partial charge < -0.3 is 28.6 Å². The number of hydrogen-bond acceptors (Lipinski definition) is 7. The van der Waals surface area contributed by atoms with Crippen LogP contribution in [-0.4, -0.2) is 52.6 Å². The summed E-state index contributed by atoms with van der Waals surface area (Å²) in [5, 5.41) is 11.1. The van der Waals surface area contributed by atoms with Crippen molar-refractivity contribution in [1.29, 1.82) is 0 Å². The Hall–Kier alpha value is -3.85. The van der Waals surface area contributed by atoms with Gasteiger partial charge in [0.2, 0.25) is 5.91 Å². The van der Waals surface area contributed by atoms with Crippen LogP contribution in [0.15, 0.2) is 47.2 Å². The standard InChI is InChI=1S/C18H21N3O.C13H15NO3.CH4O/c1-12-18(13(2)22-20-12)14-8-9-17-16(10-14)19-11-21(17)15-6-4-3-5-7-15;15-13-3-1-2-6-14(13)10-4-5-11-12(9-10)17-8-7-16-11;1-2/h8-11,15H,3-7H2,1-2H3;4-5,9H,1-3,6-8H2;2H,1H3. The van der Waals surface area contributed by atoms with Crippen molar-refractivity contribution in [3.05, 3.63) is 54.2 Å². The van der Waals surface area contributed by atoms with Crippen molar-refractivity contribution < 1.29 is 23.9 Å². The van der Waals surface area contributed by atoms with E-state index in [4.69, 9.17) is 19.1 Å². The highest BCUT2D eigenvalue weighted by atomic mass is 16.6. The lowest BCUT2D eigenvalue weighted by molar-refractivity contribution is -0.119. The number of anilines is 1. The molecular weight excluding hydrogens is 520 g/mol. The van der Waals surface area contributed by atoms with Gasteiger partial charge in [-0.15, -0.1) is 0 Å². The number of hydrogen-bond donors (Lipinski definition) is 1. The van der Waals surface area contributed by atoms with Gasteiger partial charge >= 0.3 is 0 Å². The molecule has 1 amide bonds. The highest BCUT2D eigenvalue weighted by Gasteiger charge is 2.22. The number of fused-ring (bicyclic) bond motifs is 2. The molecule has 0 radical (unpaired) electrons. The van der Waals surface area contributed by atoms with E-state index in [1.54, 1.807) is 0 Å². The molecular formula is C32H40N4O5. The van der Waals surface area contributed by atoms with Gasteiger partial charge in [-0.3, -0.25) is 4.79 Å². The van der Waals surface area contributed by atoms with Crippen LogP contribution in [0.2, 0.25) is 0 Å². The maximum Gasteiger partial charge on any atom is 0.226 e. The molecule has 2 aliphatic heterocycles. The Morgan fingerprint density at radius 1 is 0.902 bits per heavy atom. The fourth-order valence-corrected chi connectivity index (χ4v) is 6.01. The summed E-state index contributed by atoms with van der Waals surface area (Å²) in [5.41, 5.74) is 6.37. The smallest absolute Gasteiger partial charge is 0.226 e. The number of amides is 1. The SMILES string of the molecule is CO.Cc1noc(C)c1-c1ccc2c(c1)ncn2C1CCCCC1.O=C1CCCCN1c1ccc2c(c1)OCCO2. The molecule has 1 saturated heterocycles. The second kappa shape index (κ2) is 13.2. The van der Waals surface area contributed by atoms with E-state index in [0.717, 1.165) is 71.8 Å². The molecule has 2 fully saturated rings. The molecule has 9 nitrogen and oxygen atoms in total. The highest BCUT2D eigenvalue weighted by Crippen LogP contribution is 2.35. The number of aryl methyl sites for hydroxylation is 2. The number of aromatic nitrogens is 3. The normalized spacial score (nSPS) is 17.0. The largest absolute Gasteiger partial charge is 0.486 e. The van der Waals surface area contributed by atoms with Gasteiger partial charge in [0.1, 0.15) is 19.0 Å². The van der Waals surface area contributed by atoms with Crippen LogP contribution in [0, 0.1) is 13.8 Å². The van der Waals surface area contributed by atoms with Gasteiger partial charge in [-0.05, 0) is 69.4 Å². The number of carbonyl (C=O) groups excluding carboxylic acids is 1. The van der Waals surface area contributed by atoms with Gasteiger partial charge in [0.15, 0.2) is 11.5 Å². The molecule has 4 heterocycles. The molecule has 2 aromatic carbocycles. The summed E-state index contributed by atoms with van der Waals surface area (Å²) in [6.07, 6.45) is 11.3. The highest BCUT2D eigenvalue weighted by molar-refractivity contribution is 5.94. The number of imidazole rings is 1. The Balaban J connectivity index is 0.000000160. The Bertz CT molecular complexity index is 1450. The second-order valence-corrected chi connectivity index (χ2v) is 10.7. The molecule has 0 unspecified atom stereocenters. The van der Waals surface area contributed by atoms with Crippen LogP contribution in [-0.2, 0) is 4.79 Å². The van der Waals surface area contributed by atoms with Crippen LogP contribution in [0.5, 0.6) is 11.5 Å². The van der Waals surface area contributed by atoms with E-state index in [2.05, 4.69) is 32.9 Å². The summed E-state index contributed by atoms with van der Waals surface area (Å²) in [6.45, 7) is 5.91. The van der Waals surface area contributed by atoms with E-state index in [-0.39, 0.29) is 5.91 Å². The molecule has 1 N–H and O–H groups in total. The predicted molar refractivity (Wildman–Crippen MR) is 159 cm³/mol. The summed E-state index contributed by atoms with van der Waals surface area (Å²) in [5.74, 6) is 2.58. The molecule has 41 heavy (non-hydrogen) atoms. The number of aliphatic hydroxyl groups is 1. The van der Waals surface area contributed by atoms with Gasteiger partial charge in [-0.25, -0.2) is 4.98 Å². The number of piperidine rings is 1. The first-order chi connectivity index (χ1) is 20.1. The quantitative estimate of drug-likeness (QED) is 0.309. The molecule has 3 aliphatic rings. The molecule has 4 aromatic rings. The van der Waals surface area contributed by atoms with Crippen LogP contribution in [0.25, 0.3) is 22.2 Å². The third-order valence-corrected chi connectivity index (χ3v) is 8.03. The molecule has 2 aromatic heterocycles. The molecule has 1 aliphatic carbocycles. The lowest BCUT2D eigenvalue weighted by Gasteiger charge is -2.28. The average molecular weight is 561 g/mol. The van der Waals surface area contributed by atoms with Gasteiger partial charge in [-0.1, -0.05) is 30.5 Å². The maximum atomic E-state index is 11.8. The van der Waals surface area contributed by atoms with Gasteiger partial charge in [0, 0.05) is 43.4 Å². The van der Waals surface area contributed by atoms with Crippen LogP contribution in [0.4, 0.5) is 5.69 Å². The topological polar surface area (TPSA) is 103 Å². The molecule has 0 bridgehead atoms. The van der Waals surface area contributed by atoms with Crippen molar-refractivity contribution in [3.8, 4) is 22.6 Å². The predicted octanol–water partition coefficient (Wildman–Crippen LogP) is 6.40. The van der Waals surface area contributed by atoms with Crippen molar-refractivity contribution in [2.24, 2.45) is 0 Å². The van der Waals surface area contributed by atoms with Gasteiger partial charge in [-0.2, -0.15) is 0 Å². The number of ether oxygens (including phenoxy) is 2. The fraction of sp³-hybridized carbons (Fsp3) is 0.469. The minimum atomic E-state index is 0.202. The summed E-state index contributed by atoms with van der Waals surface area (Å²) >= 11 is 0. The summed E-state index contributed by atoms with van der Waals surface area (Å²) < 4.78 is 18.6. The lowest BCUT2D eigenvalue weighted by Crippen LogP contribution is -2.35. The van der Waals surface area contributed by atoms with E-state index in [1.807, 2.05) is 43.3 Å². The fourth-order valence-electron chi connectivity index (χ4n) is 6.01. The zero-order valence-electron chi connectivity index (χ0n) is 24.3. The molecule has 7 rings (SSSR count). The van der Waals surface area contributed by atoms with Crippen LogP contribution in [0.3, 0.4) is 0 Å². The monoisotopic (exact) mass is 560 g/mol. The minimum absolute atomic E-state index is 0.202. The lowest BCUT2D eigenvalue weighted by atomic mass is 9.95. The number of aliphatic hydroxyl groups excluding tert-OH is 1. The zero-order chi connectivity index (χ0) is 28.8. The Kier molecular flexibility index (Phi) is 9.24. The van der Waals surface area contributed by atoms with E-state index in [1.165, 1.54) is 37.6 Å². The van der Waals surface area contributed by atoms with Gasteiger partial charge in [0.05, 0.1) is 23.1 Å². The zero-order valence-corrected chi connectivity index (χ0v) is 24.3. The third kappa shape index (κ3) is 6.25. The first kappa shape index (κ1) is 28.7. The van der Waals surface area contributed by atoms with Crippen LogP contribution >= 0.6 is 0 Å². The number of nitrogens with zero attached hydrogens (tertiary/aromatic N) is 4. The number of rotatable bonds is 3. The third-order valence-electron chi connectivity index (χ3n) is 8.03. The molecule has 0 atom stereocenters. The first-order valence-electron chi connectivity index (χ1n) is 14.6. The van der Waals surface area contributed by atoms with E-state index in [9.17, 15) is 4.79 Å². The maximum absolute atomic E-state index is 11.8. The van der Waals surface area contributed by atoms with Gasteiger partial charge in [0.25, 0.3) is 0 Å². The Labute approximate surface area is 241 Å². The van der Waals surface area contributed by atoms with Crippen molar-refractivity contribution in [3.63, 3.8) is 0 Å². The Morgan fingerprint density at radius 3 is 2.41 bits per heavy atom. The van der Waals surface area contributed by atoms with Crippen molar-refractivity contribution in [2.45, 2.75) is 71.3 Å². The second-order valence-electron chi connectivity index (χ2n) is 10.7. The van der Waals surface area contributed by atoms with Crippen LogP contribution in [0.1, 0.15) is 68.9 Å². The molecule has 0 spiro atoms. The average Bonchev–Trinajstić information content (AvgIpc) is 3.60. The summed E-state index contributed by atoms with van der Waals surface area (Å²) in [7, 11) is 1.00. The summed E-state index contributed by atoms with van der Waals surface area (Å²) in [6, 6.07) is 12.8. The van der Waals surface area contributed by atoms with Crippen molar-refractivity contribution in [2.75, 3.05) is 31.8 Å².